The third-order valence-corrected chi connectivity index (χ3v) is 6.57. The highest BCUT2D eigenvalue weighted by molar-refractivity contribution is 5.94. The van der Waals surface area contributed by atoms with Gasteiger partial charge in [-0.3, -0.25) is 10.1 Å². The number of esters is 1. The molecule has 0 aromatic heterocycles. The van der Waals surface area contributed by atoms with E-state index in [2.05, 4.69) is 29.6 Å². The number of ether oxygens (including phenoxy) is 1. The highest BCUT2D eigenvalue weighted by atomic mass is 16.6. The Bertz CT molecular complexity index is 1070. The Kier molecular flexibility index (Phi) is 5.50. The molecule has 162 valence electrons. The molecule has 0 radical (unpaired) electrons. The van der Waals surface area contributed by atoms with Crippen molar-refractivity contribution < 1.29 is 14.3 Å². The van der Waals surface area contributed by atoms with Gasteiger partial charge in [0.2, 0.25) is 5.91 Å². The molecule has 5 rings (SSSR count). The third kappa shape index (κ3) is 3.80. The van der Waals surface area contributed by atoms with Crippen LogP contribution in [-0.4, -0.2) is 36.4 Å². The molecule has 0 atom stereocenters. The fourth-order valence-corrected chi connectivity index (χ4v) is 4.85. The summed E-state index contributed by atoms with van der Waals surface area (Å²) in [7, 11) is 0. The van der Waals surface area contributed by atoms with Crippen LogP contribution in [0.5, 0.6) is 0 Å². The number of carbonyl (C=O) groups excluding carboxylic acids is 2. The molecule has 2 aliphatic heterocycles. The molecule has 1 fully saturated rings. The van der Waals surface area contributed by atoms with Gasteiger partial charge < -0.3 is 9.64 Å². The van der Waals surface area contributed by atoms with E-state index < -0.39 is 5.60 Å². The second-order valence-electron chi connectivity index (χ2n) is 8.45. The van der Waals surface area contributed by atoms with Crippen molar-refractivity contribution in [2.75, 3.05) is 19.6 Å². The minimum atomic E-state index is -0.589. The molecular weight excluding hydrogens is 400 g/mol. The molecule has 0 aliphatic carbocycles. The van der Waals surface area contributed by atoms with Crippen LogP contribution < -0.4 is 5.32 Å². The van der Waals surface area contributed by atoms with E-state index in [9.17, 15) is 9.59 Å². The van der Waals surface area contributed by atoms with Crippen molar-refractivity contribution in [3.8, 4) is 0 Å². The van der Waals surface area contributed by atoms with Crippen LogP contribution in [-0.2, 0) is 15.1 Å². The molecule has 0 bridgehead atoms. The van der Waals surface area contributed by atoms with E-state index in [1.165, 1.54) is 0 Å². The van der Waals surface area contributed by atoms with Gasteiger partial charge >= 0.3 is 5.97 Å². The SMILES string of the molecule is O=C1OC2(CCN(C(=O)CNC(c3ccccc3)c3ccccc3)CC2)c2ccccc21. The van der Waals surface area contributed by atoms with Crippen LogP contribution in [0, 0.1) is 0 Å². The second kappa shape index (κ2) is 8.60. The third-order valence-electron chi connectivity index (χ3n) is 6.57. The van der Waals surface area contributed by atoms with Crippen LogP contribution in [0.1, 0.15) is 45.9 Å². The first-order chi connectivity index (χ1) is 15.7. The standard InChI is InChI=1S/C27H26N2O3/c30-24(19-28-25(20-9-3-1-4-10-20)21-11-5-2-6-12-21)29-17-15-27(16-18-29)23-14-8-7-13-22(23)26(31)32-27/h1-14,25,28H,15-19H2. The maximum atomic E-state index is 13.0. The van der Waals surface area contributed by atoms with E-state index in [-0.39, 0.29) is 24.5 Å². The van der Waals surface area contributed by atoms with Crippen molar-refractivity contribution in [1.82, 2.24) is 10.2 Å². The van der Waals surface area contributed by atoms with Crippen LogP contribution in [0.15, 0.2) is 84.9 Å². The molecule has 3 aromatic rings. The van der Waals surface area contributed by atoms with Crippen molar-refractivity contribution in [2.24, 2.45) is 0 Å². The van der Waals surface area contributed by atoms with Gasteiger partial charge in [0.15, 0.2) is 0 Å². The summed E-state index contributed by atoms with van der Waals surface area (Å²) in [6, 6.07) is 27.9. The molecular formula is C27H26N2O3. The first-order valence-electron chi connectivity index (χ1n) is 11.1. The number of piperidine rings is 1. The van der Waals surface area contributed by atoms with E-state index in [0.717, 1.165) is 16.7 Å². The minimum Gasteiger partial charge on any atom is -0.450 e. The van der Waals surface area contributed by atoms with Gasteiger partial charge in [0.05, 0.1) is 18.2 Å². The zero-order valence-electron chi connectivity index (χ0n) is 17.9. The number of nitrogens with one attached hydrogen (secondary N) is 1. The number of likely N-dealkylation sites (tertiary alicyclic amines) is 1. The summed E-state index contributed by atoms with van der Waals surface area (Å²) in [5.74, 6) is -0.190. The Morgan fingerprint density at radius 1 is 0.875 bits per heavy atom. The largest absolute Gasteiger partial charge is 0.450 e. The Morgan fingerprint density at radius 2 is 1.44 bits per heavy atom. The molecule has 1 saturated heterocycles. The zero-order chi connectivity index (χ0) is 22.0. The van der Waals surface area contributed by atoms with E-state index in [1.54, 1.807) is 0 Å². The summed E-state index contributed by atoms with van der Waals surface area (Å²) < 4.78 is 5.81. The predicted molar refractivity (Wildman–Crippen MR) is 122 cm³/mol. The lowest BCUT2D eigenvalue weighted by molar-refractivity contribution is -0.134. The molecule has 2 heterocycles. The topological polar surface area (TPSA) is 58.6 Å². The lowest BCUT2D eigenvalue weighted by Crippen LogP contribution is -2.48. The number of benzene rings is 3. The number of carbonyl (C=O) groups is 2. The van der Waals surface area contributed by atoms with Gasteiger partial charge in [0.1, 0.15) is 5.60 Å². The summed E-state index contributed by atoms with van der Waals surface area (Å²) in [5, 5.41) is 3.46. The summed E-state index contributed by atoms with van der Waals surface area (Å²) in [6.45, 7) is 1.39. The quantitative estimate of drug-likeness (QED) is 0.626. The lowest BCUT2D eigenvalue weighted by atomic mass is 9.84. The van der Waals surface area contributed by atoms with E-state index in [1.807, 2.05) is 65.6 Å². The van der Waals surface area contributed by atoms with Crippen molar-refractivity contribution in [3.05, 3.63) is 107 Å². The van der Waals surface area contributed by atoms with Crippen LogP contribution in [0.3, 0.4) is 0 Å². The highest BCUT2D eigenvalue weighted by Crippen LogP contribution is 2.43. The van der Waals surface area contributed by atoms with Gasteiger partial charge in [0, 0.05) is 31.5 Å². The van der Waals surface area contributed by atoms with Crippen LogP contribution in [0.4, 0.5) is 0 Å². The summed E-state index contributed by atoms with van der Waals surface area (Å²) in [6.07, 6.45) is 1.25. The first kappa shape index (κ1) is 20.5. The van der Waals surface area contributed by atoms with Crippen molar-refractivity contribution >= 4 is 11.9 Å². The molecule has 1 N–H and O–H groups in total. The Labute approximate surface area is 188 Å². The van der Waals surface area contributed by atoms with Gasteiger partial charge in [-0.05, 0) is 17.2 Å². The smallest absolute Gasteiger partial charge is 0.339 e. The molecule has 5 nitrogen and oxygen atoms in total. The summed E-state index contributed by atoms with van der Waals surface area (Å²) in [4.78, 5) is 27.2. The molecule has 3 aromatic carbocycles. The van der Waals surface area contributed by atoms with Crippen LogP contribution in [0.25, 0.3) is 0 Å². The summed E-state index contributed by atoms with van der Waals surface area (Å²) in [5.41, 5.74) is 3.28. The number of fused-ring (bicyclic) bond motifs is 2. The van der Waals surface area contributed by atoms with Crippen molar-refractivity contribution in [3.63, 3.8) is 0 Å². The maximum Gasteiger partial charge on any atom is 0.339 e. The van der Waals surface area contributed by atoms with E-state index in [0.29, 0.717) is 31.5 Å². The number of hydrogen-bond donors (Lipinski definition) is 1. The Balaban J connectivity index is 1.25. The van der Waals surface area contributed by atoms with Crippen molar-refractivity contribution in [2.45, 2.75) is 24.5 Å². The Hall–Kier alpha value is -3.44. The highest BCUT2D eigenvalue weighted by Gasteiger charge is 2.47. The summed E-state index contributed by atoms with van der Waals surface area (Å²) >= 11 is 0. The van der Waals surface area contributed by atoms with Gasteiger partial charge in [-0.2, -0.15) is 0 Å². The molecule has 32 heavy (non-hydrogen) atoms. The van der Waals surface area contributed by atoms with Gasteiger partial charge in [0.25, 0.3) is 0 Å². The van der Waals surface area contributed by atoms with Gasteiger partial charge in [-0.15, -0.1) is 0 Å². The van der Waals surface area contributed by atoms with Gasteiger partial charge in [-0.1, -0.05) is 78.9 Å². The molecule has 1 spiro atoms. The van der Waals surface area contributed by atoms with Crippen LogP contribution in [0.2, 0.25) is 0 Å². The van der Waals surface area contributed by atoms with Crippen molar-refractivity contribution in [1.29, 1.82) is 0 Å². The molecule has 2 aliphatic rings. The fraction of sp³-hybridized carbons (Fsp3) is 0.259. The van der Waals surface area contributed by atoms with E-state index in [4.69, 9.17) is 4.74 Å². The molecule has 0 saturated carbocycles. The molecule has 0 unspecified atom stereocenters. The normalized spacial score (nSPS) is 16.8. The average Bonchev–Trinajstić information content (AvgIpc) is 3.12. The first-order valence-corrected chi connectivity index (χ1v) is 11.1. The monoisotopic (exact) mass is 426 g/mol. The lowest BCUT2D eigenvalue weighted by Gasteiger charge is -2.38. The molecule has 1 amide bonds. The van der Waals surface area contributed by atoms with Crippen LogP contribution >= 0.6 is 0 Å². The number of rotatable bonds is 5. The maximum absolute atomic E-state index is 13.0. The Morgan fingerprint density at radius 3 is 2.06 bits per heavy atom. The number of nitrogens with zero attached hydrogens (tertiary/aromatic N) is 1. The fourth-order valence-electron chi connectivity index (χ4n) is 4.85. The number of hydrogen-bond acceptors (Lipinski definition) is 4. The van der Waals surface area contributed by atoms with E-state index >= 15 is 0 Å². The van der Waals surface area contributed by atoms with Gasteiger partial charge in [-0.25, -0.2) is 4.79 Å². The minimum absolute atomic E-state index is 0.0554. The zero-order valence-corrected chi connectivity index (χ0v) is 17.9. The molecule has 5 heteroatoms. The average molecular weight is 427 g/mol. The second-order valence-corrected chi connectivity index (χ2v) is 8.45. The predicted octanol–water partition coefficient (Wildman–Crippen LogP) is 4.05. The number of amides is 1.